The number of hydrogen-bond donors (Lipinski definition) is 2. The van der Waals surface area contributed by atoms with Crippen LogP contribution in [0.25, 0.3) is 0 Å². The van der Waals surface area contributed by atoms with Crippen LogP contribution in [0.15, 0.2) is 0 Å². The number of aliphatic hydroxyl groups is 1. The number of nitrogens with zero attached hydrogens (tertiary/aromatic N) is 1. The normalized spacial score (nSPS) is 41.1. The van der Waals surface area contributed by atoms with E-state index in [1.807, 2.05) is 14.1 Å². The zero-order valence-corrected chi connectivity index (χ0v) is 9.30. The van der Waals surface area contributed by atoms with Gasteiger partial charge in [0, 0.05) is 6.54 Å². The number of likely N-dealkylation sites (N-methyl/N-ethyl adjacent to an activating group) is 1. The van der Waals surface area contributed by atoms with Crippen molar-refractivity contribution < 1.29 is 5.11 Å². The molecular weight excluding hydrogens is 188 g/mol. The third kappa shape index (κ3) is 1.71. The van der Waals surface area contributed by atoms with Crippen LogP contribution < -0.4 is 5.32 Å². The maximum atomic E-state index is 9.50. The van der Waals surface area contributed by atoms with Crippen LogP contribution in [-0.2, 0) is 0 Å². The first-order chi connectivity index (χ1) is 6.05. The molecule has 3 unspecified atom stereocenters. The highest BCUT2D eigenvalue weighted by atomic mass is 35.5. The maximum Gasteiger partial charge on any atom is 0.0669 e. The lowest BCUT2D eigenvalue weighted by Gasteiger charge is -2.49. The van der Waals surface area contributed by atoms with Crippen LogP contribution in [0.3, 0.4) is 0 Å². The quantitative estimate of drug-likeness (QED) is 0.631. The molecule has 4 heteroatoms. The molecule has 78 valence electrons. The molecule has 1 saturated heterocycles. The van der Waals surface area contributed by atoms with Crippen molar-refractivity contribution >= 4 is 11.6 Å². The number of nitrogens with one attached hydrogen (secondary N) is 1. The van der Waals surface area contributed by atoms with Crippen molar-refractivity contribution in [3.63, 3.8) is 0 Å². The molecule has 1 aliphatic rings. The van der Waals surface area contributed by atoms with Crippen molar-refractivity contribution in [1.82, 2.24) is 10.2 Å². The van der Waals surface area contributed by atoms with E-state index in [4.69, 9.17) is 11.6 Å². The molecule has 0 aromatic heterocycles. The molecule has 0 aliphatic carbocycles. The number of piperidine rings is 1. The molecule has 1 aliphatic heterocycles. The van der Waals surface area contributed by atoms with E-state index in [0.717, 1.165) is 13.1 Å². The molecule has 0 spiro atoms. The minimum absolute atomic E-state index is 0.0313. The summed E-state index contributed by atoms with van der Waals surface area (Å²) in [7, 11) is 3.96. The first kappa shape index (κ1) is 11.2. The smallest absolute Gasteiger partial charge is 0.0669 e. The molecule has 3 atom stereocenters. The zero-order valence-electron chi connectivity index (χ0n) is 8.55. The summed E-state index contributed by atoms with van der Waals surface area (Å²) in [6, 6.07) is 0. The second kappa shape index (κ2) is 4.13. The average Bonchev–Trinajstić information content (AvgIpc) is 2.05. The first-order valence-corrected chi connectivity index (χ1v) is 5.12. The van der Waals surface area contributed by atoms with E-state index in [1.165, 1.54) is 0 Å². The van der Waals surface area contributed by atoms with E-state index in [2.05, 4.69) is 17.1 Å². The Balaban J connectivity index is 2.89. The van der Waals surface area contributed by atoms with Gasteiger partial charge in [-0.25, -0.2) is 0 Å². The summed E-state index contributed by atoms with van der Waals surface area (Å²) in [5.41, 5.74) is -0.271. The van der Waals surface area contributed by atoms with Crippen molar-refractivity contribution in [3.05, 3.63) is 0 Å². The average molecular weight is 207 g/mol. The number of hydrogen-bond acceptors (Lipinski definition) is 3. The number of aliphatic hydroxyl groups excluding tert-OH is 1. The van der Waals surface area contributed by atoms with Gasteiger partial charge in [-0.15, -0.1) is 11.6 Å². The Morgan fingerprint density at radius 2 is 2.15 bits per heavy atom. The zero-order chi connectivity index (χ0) is 10.1. The summed E-state index contributed by atoms with van der Waals surface area (Å²) in [6.45, 7) is 3.93. The summed E-state index contributed by atoms with van der Waals surface area (Å²) in [5.74, 6) is 0.365. The number of halogens is 1. The molecule has 0 amide bonds. The third-order valence-corrected chi connectivity index (χ3v) is 3.79. The molecular formula is C9H19ClN2O. The topological polar surface area (TPSA) is 35.5 Å². The summed E-state index contributed by atoms with van der Waals surface area (Å²) in [5, 5.41) is 12.7. The summed E-state index contributed by atoms with van der Waals surface area (Å²) >= 11 is 6.27. The van der Waals surface area contributed by atoms with E-state index in [-0.39, 0.29) is 17.5 Å². The molecule has 1 fully saturated rings. The van der Waals surface area contributed by atoms with Crippen molar-refractivity contribution in [2.75, 3.05) is 33.8 Å². The minimum Gasteiger partial charge on any atom is -0.394 e. The fraction of sp³-hybridized carbons (Fsp3) is 1.00. The molecule has 0 aromatic carbocycles. The third-order valence-electron chi connectivity index (χ3n) is 3.26. The SMILES string of the molecule is CC1CNCC(Cl)C1(CO)N(C)C. The molecule has 0 bridgehead atoms. The Morgan fingerprint density at radius 1 is 1.54 bits per heavy atom. The predicted octanol–water partition coefficient (Wildman–Crippen LogP) is 0.126. The summed E-state index contributed by atoms with van der Waals surface area (Å²) < 4.78 is 0. The Labute approximate surface area is 85.1 Å². The largest absolute Gasteiger partial charge is 0.394 e. The van der Waals surface area contributed by atoms with E-state index < -0.39 is 0 Å². The van der Waals surface area contributed by atoms with Gasteiger partial charge in [-0.05, 0) is 26.6 Å². The minimum atomic E-state index is -0.271. The van der Waals surface area contributed by atoms with E-state index in [9.17, 15) is 5.11 Å². The van der Waals surface area contributed by atoms with Gasteiger partial charge in [-0.3, -0.25) is 4.90 Å². The fourth-order valence-corrected chi connectivity index (χ4v) is 2.79. The lowest BCUT2D eigenvalue weighted by atomic mass is 9.78. The number of rotatable bonds is 2. The standard InChI is InChI=1S/C9H19ClN2O/c1-7-4-11-5-8(10)9(7,6-13)12(2)3/h7-8,11,13H,4-6H2,1-3H3. The van der Waals surface area contributed by atoms with Crippen LogP contribution in [0.4, 0.5) is 0 Å². The van der Waals surface area contributed by atoms with Gasteiger partial charge in [0.1, 0.15) is 0 Å². The van der Waals surface area contributed by atoms with Crippen LogP contribution >= 0.6 is 11.6 Å². The second-order valence-corrected chi connectivity index (χ2v) is 4.60. The van der Waals surface area contributed by atoms with Crippen molar-refractivity contribution in [2.24, 2.45) is 5.92 Å². The lowest BCUT2D eigenvalue weighted by molar-refractivity contribution is 0.00523. The second-order valence-electron chi connectivity index (χ2n) is 4.07. The molecule has 13 heavy (non-hydrogen) atoms. The monoisotopic (exact) mass is 206 g/mol. The van der Waals surface area contributed by atoms with Gasteiger partial charge < -0.3 is 10.4 Å². The van der Waals surface area contributed by atoms with Gasteiger partial charge in [-0.1, -0.05) is 6.92 Å². The molecule has 0 aromatic rings. The van der Waals surface area contributed by atoms with Crippen LogP contribution in [-0.4, -0.2) is 54.7 Å². The molecule has 1 heterocycles. The first-order valence-electron chi connectivity index (χ1n) is 4.68. The Morgan fingerprint density at radius 3 is 2.46 bits per heavy atom. The van der Waals surface area contributed by atoms with Gasteiger partial charge in [0.15, 0.2) is 0 Å². The van der Waals surface area contributed by atoms with Crippen molar-refractivity contribution in [2.45, 2.75) is 17.8 Å². The highest BCUT2D eigenvalue weighted by Gasteiger charge is 2.46. The Kier molecular flexibility index (Phi) is 3.57. The molecule has 2 N–H and O–H groups in total. The molecule has 0 radical (unpaired) electrons. The van der Waals surface area contributed by atoms with Gasteiger partial charge in [0.2, 0.25) is 0 Å². The summed E-state index contributed by atoms with van der Waals surface area (Å²) in [6.07, 6.45) is 0. The van der Waals surface area contributed by atoms with E-state index in [1.54, 1.807) is 0 Å². The summed E-state index contributed by atoms with van der Waals surface area (Å²) in [4.78, 5) is 2.05. The highest BCUT2D eigenvalue weighted by Crippen LogP contribution is 2.32. The van der Waals surface area contributed by atoms with E-state index in [0.29, 0.717) is 5.92 Å². The highest BCUT2D eigenvalue weighted by molar-refractivity contribution is 6.21. The van der Waals surface area contributed by atoms with Crippen LogP contribution in [0.2, 0.25) is 0 Å². The predicted molar refractivity (Wildman–Crippen MR) is 55.2 cm³/mol. The van der Waals surface area contributed by atoms with Crippen molar-refractivity contribution in [1.29, 1.82) is 0 Å². The maximum absolute atomic E-state index is 9.50. The Bertz CT molecular complexity index is 165. The number of alkyl halides is 1. The van der Waals surface area contributed by atoms with Crippen LogP contribution in [0.5, 0.6) is 0 Å². The molecule has 0 saturated carbocycles. The van der Waals surface area contributed by atoms with Crippen LogP contribution in [0.1, 0.15) is 6.92 Å². The van der Waals surface area contributed by atoms with Gasteiger partial charge >= 0.3 is 0 Å². The van der Waals surface area contributed by atoms with Gasteiger partial charge in [0.05, 0.1) is 17.5 Å². The Hall–Kier alpha value is 0.170. The lowest BCUT2D eigenvalue weighted by Crippen LogP contribution is -2.66. The van der Waals surface area contributed by atoms with Gasteiger partial charge in [-0.2, -0.15) is 0 Å². The fourth-order valence-electron chi connectivity index (χ4n) is 2.21. The molecule has 1 rings (SSSR count). The van der Waals surface area contributed by atoms with E-state index >= 15 is 0 Å². The molecule has 3 nitrogen and oxygen atoms in total. The van der Waals surface area contributed by atoms with Crippen molar-refractivity contribution in [3.8, 4) is 0 Å². The van der Waals surface area contributed by atoms with Crippen LogP contribution in [0, 0.1) is 5.92 Å². The van der Waals surface area contributed by atoms with Gasteiger partial charge in [0.25, 0.3) is 0 Å².